The molecule has 1 aliphatic rings. The molecule has 0 spiro atoms. The zero-order chi connectivity index (χ0) is 15.5. The Bertz CT molecular complexity index is 362. The van der Waals surface area contributed by atoms with Crippen LogP contribution in [0.1, 0.15) is 20.8 Å². The minimum Gasteiger partial charge on any atom is -0.390 e. The molecule has 9 nitrogen and oxygen atoms in total. The van der Waals surface area contributed by atoms with E-state index in [0.29, 0.717) is 13.0 Å². The fraction of sp³-hybridized carbons (Fsp3) is 0.778. The van der Waals surface area contributed by atoms with E-state index in [-0.39, 0.29) is 14.0 Å². The van der Waals surface area contributed by atoms with Crippen molar-refractivity contribution in [3.63, 3.8) is 0 Å². The van der Waals surface area contributed by atoms with E-state index >= 15 is 0 Å². The van der Waals surface area contributed by atoms with Crippen LogP contribution in [0.25, 0.3) is 0 Å². The number of hydrogen-bond donors (Lipinski definition) is 2. The maximum absolute atomic E-state index is 11.0. The third-order valence-corrected chi connectivity index (χ3v) is 4.31. The minimum absolute atomic E-state index is 0. The fourth-order valence-corrected chi connectivity index (χ4v) is 2.82. The summed E-state index contributed by atoms with van der Waals surface area (Å²) in [6, 6.07) is 0. The lowest BCUT2D eigenvalue weighted by atomic mass is 10.2. The van der Waals surface area contributed by atoms with Crippen molar-refractivity contribution in [3.05, 3.63) is 12.7 Å². The van der Waals surface area contributed by atoms with Crippen LogP contribution in [0.2, 0.25) is 0 Å². The van der Waals surface area contributed by atoms with Crippen LogP contribution >= 0.6 is 24.8 Å². The molecule has 0 radical (unpaired) electrons. The van der Waals surface area contributed by atoms with Gasteiger partial charge in [0.25, 0.3) is 0 Å². The van der Waals surface area contributed by atoms with Crippen LogP contribution in [0.15, 0.2) is 12.7 Å². The van der Waals surface area contributed by atoms with Gasteiger partial charge in [0, 0.05) is 20.3 Å². The van der Waals surface area contributed by atoms with E-state index in [1.54, 1.807) is 6.08 Å². The van der Waals surface area contributed by atoms with Crippen molar-refractivity contribution >= 4 is 24.8 Å². The van der Waals surface area contributed by atoms with Gasteiger partial charge in [0.2, 0.25) is 0 Å². The van der Waals surface area contributed by atoms with Crippen molar-refractivity contribution < 1.29 is 41.6 Å². The number of allylic oxidation sites excluding steroid dienone is 1. The predicted octanol–water partition coefficient (Wildman–Crippen LogP) is 2.98. The lowest BCUT2D eigenvalue weighted by Gasteiger charge is -2.07. The van der Waals surface area contributed by atoms with Crippen molar-refractivity contribution in [2.75, 3.05) is 13.2 Å². The Morgan fingerprint density at radius 2 is 1.90 bits per heavy atom. The molecule has 0 aromatic carbocycles. The highest BCUT2D eigenvalue weighted by Crippen LogP contribution is 2.45. The van der Waals surface area contributed by atoms with Gasteiger partial charge >= 0.3 is 24.8 Å². The van der Waals surface area contributed by atoms with Gasteiger partial charge < -0.3 is 9.84 Å². The summed E-state index contributed by atoms with van der Waals surface area (Å²) in [5.74, 6) is 0. The Balaban J connectivity index is 0. The second-order valence-corrected chi connectivity index (χ2v) is 6.25. The number of ether oxygens (including phenoxy) is 1. The average molecular weight is 365 g/mol. The Labute approximate surface area is 126 Å². The van der Waals surface area contributed by atoms with Gasteiger partial charge in [-0.15, -0.1) is 16.0 Å². The molecule has 12 heteroatoms. The van der Waals surface area contributed by atoms with Crippen molar-refractivity contribution in [1.29, 1.82) is 0 Å². The van der Waals surface area contributed by atoms with E-state index in [0.717, 1.165) is 0 Å². The van der Waals surface area contributed by atoms with Crippen LogP contribution in [0.4, 0.5) is 0 Å². The summed E-state index contributed by atoms with van der Waals surface area (Å²) in [5, 5.41) is 9.31. The molecule has 0 aliphatic carbocycles. The maximum Gasteiger partial charge on any atom is 0.798 e. The monoisotopic (exact) mass is 365 g/mol. The van der Waals surface area contributed by atoms with Crippen molar-refractivity contribution in [1.82, 2.24) is 0 Å². The molecule has 5 atom stereocenters. The highest BCUT2D eigenvalue weighted by atomic mass is 31.2. The van der Waals surface area contributed by atoms with E-state index in [1.807, 2.05) is 6.92 Å². The van der Waals surface area contributed by atoms with Gasteiger partial charge in [0.15, 0.2) is 8.62 Å². The van der Waals surface area contributed by atoms with E-state index in [9.17, 15) is 18.8 Å². The quantitative estimate of drug-likeness (QED) is 0.517. The van der Waals surface area contributed by atoms with Crippen LogP contribution in [0.3, 0.4) is 0 Å². The van der Waals surface area contributed by atoms with Crippen LogP contribution in [0, 0.1) is 0 Å². The number of rotatable bonds is 7. The van der Waals surface area contributed by atoms with Crippen LogP contribution in [-0.4, -0.2) is 35.4 Å². The van der Waals surface area contributed by atoms with E-state index in [4.69, 9.17) is 9.63 Å². The molecule has 1 aliphatic heterocycles. The molecule has 0 amide bonds. The Hall–Kier alpha value is -0.200. The molecule has 0 bridgehead atoms. The zero-order valence-electron chi connectivity index (χ0n) is 10.7. The second-order valence-electron chi connectivity index (χ2n) is 3.32. The molecule has 1 fully saturated rings. The second kappa shape index (κ2) is 13.5. The van der Waals surface area contributed by atoms with Crippen LogP contribution in [0.5, 0.6) is 0 Å². The van der Waals surface area contributed by atoms with Gasteiger partial charge in [-0.25, -0.2) is 0 Å². The average Bonchev–Trinajstić information content (AvgIpc) is 2.72. The molecule has 21 heavy (non-hydrogen) atoms. The van der Waals surface area contributed by atoms with Gasteiger partial charge in [-0.1, -0.05) is 13.5 Å². The van der Waals surface area contributed by atoms with E-state index in [1.165, 1.54) is 0 Å². The van der Waals surface area contributed by atoms with E-state index in [2.05, 4.69) is 19.7 Å². The third kappa shape index (κ3) is 12.1. The van der Waals surface area contributed by atoms with E-state index < -0.39 is 37.0 Å². The van der Waals surface area contributed by atoms with Gasteiger partial charge in [-0.05, 0) is 13.3 Å². The lowest BCUT2D eigenvalue weighted by molar-refractivity contribution is 0.0107. The minimum atomic E-state index is -3.10. The Morgan fingerprint density at radius 1 is 1.33 bits per heavy atom. The maximum atomic E-state index is 11.0. The normalized spacial score (nSPS) is 22.3. The Kier molecular flexibility index (Phi) is 14.8. The molecule has 122 valence electrons. The summed E-state index contributed by atoms with van der Waals surface area (Å²) in [5.41, 5.74) is 0. The molecule has 0 aromatic rings. The third-order valence-electron chi connectivity index (χ3n) is 1.79. The summed E-state index contributed by atoms with van der Waals surface area (Å²) in [6.07, 6.45) is 0.870. The van der Waals surface area contributed by atoms with Gasteiger partial charge in [-0.2, -0.15) is 0 Å². The molecular formula is C9H20O9P3+3. The summed E-state index contributed by atoms with van der Waals surface area (Å²) >= 11 is 0. The van der Waals surface area contributed by atoms with Gasteiger partial charge in [-0.3, -0.25) is 0 Å². The predicted molar refractivity (Wildman–Crippen MR) is 76.1 cm³/mol. The van der Waals surface area contributed by atoms with Crippen molar-refractivity contribution in [3.8, 4) is 0 Å². The highest BCUT2D eigenvalue weighted by molar-refractivity contribution is 7.53. The van der Waals surface area contributed by atoms with Crippen LogP contribution in [-0.2, 0) is 31.6 Å². The molecule has 1 heterocycles. The Morgan fingerprint density at radius 3 is 2.33 bits per heavy atom. The first-order valence-corrected chi connectivity index (χ1v) is 8.69. The largest absolute Gasteiger partial charge is 0.798 e. The summed E-state index contributed by atoms with van der Waals surface area (Å²) in [6.45, 7) is 5.42. The topological polar surface area (TPSA) is 129 Å². The molecule has 0 saturated carbocycles. The first kappa shape index (κ1) is 23.1. The number of aliphatic hydroxyl groups excluding tert-OH is 1. The standard InChI is InChI=1S/C5H9O9P3.C3H6.CH4/c6-4-1-2-11-5(4)3-12-16(9)14-17(10)13-15(7)8;1-3-2;/h4-6H,1-3H2;3H,1H2,2H3;1H4/q+2;;/p+1/t4-,5+;;/m0../s1. The smallest absolute Gasteiger partial charge is 0.390 e. The number of aliphatic hydroxyl groups is 1. The zero-order valence-corrected chi connectivity index (χ0v) is 13.3. The summed E-state index contributed by atoms with van der Waals surface area (Å²) < 4.78 is 49.5. The van der Waals surface area contributed by atoms with Gasteiger partial charge in [0.05, 0.1) is 6.10 Å². The molecule has 3 unspecified atom stereocenters. The summed E-state index contributed by atoms with van der Waals surface area (Å²) in [7, 11) is -8.87. The molecule has 0 aromatic heterocycles. The lowest BCUT2D eigenvalue weighted by Crippen LogP contribution is -2.25. The highest BCUT2D eigenvalue weighted by Gasteiger charge is 2.48. The van der Waals surface area contributed by atoms with Crippen molar-refractivity contribution in [2.24, 2.45) is 0 Å². The van der Waals surface area contributed by atoms with Crippen molar-refractivity contribution in [2.45, 2.75) is 33.0 Å². The first-order chi connectivity index (χ1) is 9.40. The molecule has 2 N–H and O–H groups in total. The molecule has 1 rings (SSSR count). The molecular weight excluding hydrogens is 345 g/mol. The summed E-state index contributed by atoms with van der Waals surface area (Å²) in [4.78, 5) is 8.21. The van der Waals surface area contributed by atoms with Gasteiger partial charge in [0.1, 0.15) is 12.7 Å². The first-order valence-electron chi connectivity index (χ1n) is 5.37. The fourth-order valence-electron chi connectivity index (χ4n) is 1.08. The van der Waals surface area contributed by atoms with Crippen LogP contribution < -0.4 is 0 Å². The molecule has 1 saturated heterocycles. The SMILES string of the molecule is C.C=CC.O=[P+](O)O[P+](=O)O[P+](=O)OC[C@H]1OCC[C@@H]1O. The number of hydrogen-bond acceptors (Lipinski definition) is 8.